The fraction of sp³-hybridized carbons (Fsp3) is 0.455. The second kappa shape index (κ2) is 9.05. The minimum absolute atomic E-state index is 0.252. The van der Waals surface area contributed by atoms with Crippen molar-refractivity contribution in [3.05, 3.63) is 48.0 Å². The highest BCUT2D eigenvalue weighted by Gasteiger charge is 2.19. The molecule has 1 saturated heterocycles. The van der Waals surface area contributed by atoms with Crippen molar-refractivity contribution in [2.24, 2.45) is 0 Å². The first kappa shape index (κ1) is 21.5. The van der Waals surface area contributed by atoms with E-state index in [1.54, 1.807) is 37.4 Å². The second-order valence-corrected chi connectivity index (χ2v) is 9.65. The molecule has 1 aliphatic rings. The number of nitrogens with one attached hydrogen (secondary N) is 2. The van der Waals surface area contributed by atoms with Crippen LogP contribution in [-0.2, 0) is 10.0 Å². The largest absolute Gasteiger partial charge is 0.495 e. The van der Waals surface area contributed by atoms with Gasteiger partial charge in [-0.1, -0.05) is 26.0 Å². The smallest absolute Gasteiger partial charge is 0.261 e. The molecule has 2 N–H and O–H groups in total. The van der Waals surface area contributed by atoms with Gasteiger partial charge in [0.05, 0.1) is 23.4 Å². The van der Waals surface area contributed by atoms with Crippen LogP contribution in [0.3, 0.4) is 0 Å². The van der Waals surface area contributed by atoms with Gasteiger partial charge in [0.1, 0.15) is 5.75 Å². The van der Waals surface area contributed by atoms with Gasteiger partial charge in [0.2, 0.25) is 0 Å². The van der Waals surface area contributed by atoms with Gasteiger partial charge < -0.3 is 15.0 Å². The van der Waals surface area contributed by atoms with Crippen molar-refractivity contribution in [1.29, 1.82) is 0 Å². The van der Waals surface area contributed by atoms with E-state index in [-0.39, 0.29) is 4.90 Å². The van der Waals surface area contributed by atoms with Crippen molar-refractivity contribution < 1.29 is 13.2 Å². The molecule has 2 aromatic carbocycles. The van der Waals surface area contributed by atoms with E-state index in [9.17, 15) is 8.42 Å². The van der Waals surface area contributed by atoms with Gasteiger partial charge in [-0.15, -0.1) is 0 Å². The molecule has 29 heavy (non-hydrogen) atoms. The maximum absolute atomic E-state index is 12.8. The summed E-state index contributed by atoms with van der Waals surface area (Å²) in [6, 6.07) is 12.7. The van der Waals surface area contributed by atoms with Gasteiger partial charge in [0, 0.05) is 6.04 Å². The highest BCUT2D eigenvalue weighted by Crippen LogP contribution is 2.31. The summed E-state index contributed by atoms with van der Waals surface area (Å²) in [7, 11) is 0.0875. The lowest BCUT2D eigenvalue weighted by molar-refractivity contribution is 0.263. The summed E-state index contributed by atoms with van der Waals surface area (Å²) in [5.74, 6) is 1.06. The lowest BCUT2D eigenvalue weighted by atomic mass is 10.0. The number of likely N-dealkylation sites (tertiary alicyclic amines) is 1. The number of hydrogen-bond donors (Lipinski definition) is 2. The van der Waals surface area contributed by atoms with Crippen LogP contribution < -0.4 is 14.8 Å². The van der Waals surface area contributed by atoms with Gasteiger partial charge in [-0.25, -0.2) is 8.42 Å². The average molecular weight is 418 g/mol. The van der Waals surface area contributed by atoms with Crippen LogP contribution in [0.25, 0.3) is 0 Å². The van der Waals surface area contributed by atoms with E-state index in [0.717, 1.165) is 37.2 Å². The van der Waals surface area contributed by atoms with Crippen LogP contribution in [0, 0.1) is 0 Å². The number of piperidine rings is 1. The average Bonchev–Trinajstić information content (AvgIpc) is 2.70. The van der Waals surface area contributed by atoms with Crippen LogP contribution in [0.2, 0.25) is 0 Å². The summed E-state index contributed by atoms with van der Waals surface area (Å²) in [6.45, 7) is 6.24. The first-order chi connectivity index (χ1) is 13.8. The number of methoxy groups -OCH3 is 1. The molecule has 0 radical (unpaired) electrons. The van der Waals surface area contributed by atoms with E-state index in [1.165, 1.54) is 0 Å². The summed E-state index contributed by atoms with van der Waals surface area (Å²) >= 11 is 0. The number of hydrogen-bond acceptors (Lipinski definition) is 5. The minimum atomic E-state index is -3.66. The maximum Gasteiger partial charge on any atom is 0.261 e. The van der Waals surface area contributed by atoms with Crippen LogP contribution in [0.15, 0.2) is 47.4 Å². The Bertz CT molecular complexity index is 919. The SMILES string of the molecule is COc1ccc(NS(=O)(=O)c2ccc(C(C)C)cc2)cc1NC1CCN(C)CC1. The molecule has 0 aliphatic carbocycles. The molecule has 6 nitrogen and oxygen atoms in total. The van der Waals surface area contributed by atoms with Gasteiger partial charge in [0.15, 0.2) is 0 Å². The van der Waals surface area contributed by atoms with E-state index in [2.05, 4.69) is 35.8 Å². The molecular formula is C22H31N3O3S. The molecule has 0 spiro atoms. The molecule has 0 aromatic heterocycles. The number of anilines is 2. The Balaban J connectivity index is 1.77. The Morgan fingerprint density at radius 1 is 1.07 bits per heavy atom. The summed E-state index contributed by atoms with van der Waals surface area (Å²) in [6.07, 6.45) is 2.08. The van der Waals surface area contributed by atoms with E-state index in [0.29, 0.717) is 23.4 Å². The molecule has 158 valence electrons. The zero-order chi connectivity index (χ0) is 21.0. The lowest BCUT2D eigenvalue weighted by Gasteiger charge is -2.30. The summed E-state index contributed by atoms with van der Waals surface area (Å²) in [4.78, 5) is 2.56. The molecule has 0 saturated carbocycles. The Hall–Kier alpha value is -2.25. The summed E-state index contributed by atoms with van der Waals surface area (Å²) < 4.78 is 33.8. The van der Waals surface area contributed by atoms with Crippen molar-refractivity contribution in [2.75, 3.05) is 37.3 Å². The van der Waals surface area contributed by atoms with Crippen molar-refractivity contribution in [2.45, 2.75) is 43.5 Å². The Morgan fingerprint density at radius 3 is 2.31 bits per heavy atom. The van der Waals surface area contributed by atoms with Gasteiger partial charge in [0.25, 0.3) is 10.0 Å². The molecule has 7 heteroatoms. The number of benzene rings is 2. The van der Waals surface area contributed by atoms with E-state index >= 15 is 0 Å². The minimum Gasteiger partial charge on any atom is -0.495 e. The topological polar surface area (TPSA) is 70.7 Å². The number of rotatable bonds is 7. The molecule has 0 atom stereocenters. The lowest BCUT2D eigenvalue weighted by Crippen LogP contribution is -2.36. The summed E-state index contributed by atoms with van der Waals surface area (Å²) in [5, 5.41) is 3.52. The molecular weight excluding hydrogens is 386 g/mol. The van der Waals surface area contributed by atoms with Gasteiger partial charge in [-0.2, -0.15) is 0 Å². The first-order valence-electron chi connectivity index (χ1n) is 10.0. The second-order valence-electron chi connectivity index (χ2n) is 7.97. The normalized spacial score (nSPS) is 16.0. The van der Waals surface area contributed by atoms with Crippen LogP contribution in [-0.4, -0.2) is 46.6 Å². The first-order valence-corrected chi connectivity index (χ1v) is 11.5. The fourth-order valence-corrected chi connectivity index (χ4v) is 4.55. The van der Waals surface area contributed by atoms with Crippen LogP contribution in [0.4, 0.5) is 11.4 Å². The predicted molar refractivity (Wildman–Crippen MR) is 118 cm³/mol. The highest BCUT2D eigenvalue weighted by molar-refractivity contribution is 7.92. The predicted octanol–water partition coefficient (Wildman–Crippen LogP) is 4.13. The molecule has 0 amide bonds. The third-order valence-electron chi connectivity index (χ3n) is 5.39. The van der Waals surface area contributed by atoms with Crippen molar-refractivity contribution in [1.82, 2.24) is 4.90 Å². The monoisotopic (exact) mass is 417 g/mol. The van der Waals surface area contributed by atoms with Crippen molar-refractivity contribution in [3.63, 3.8) is 0 Å². The zero-order valence-electron chi connectivity index (χ0n) is 17.6. The molecule has 1 aliphatic heterocycles. The Morgan fingerprint density at radius 2 is 1.72 bits per heavy atom. The van der Waals surface area contributed by atoms with E-state index < -0.39 is 10.0 Å². The van der Waals surface area contributed by atoms with E-state index in [1.807, 2.05) is 12.1 Å². The van der Waals surface area contributed by atoms with Crippen molar-refractivity contribution in [3.8, 4) is 5.75 Å². The van der Waals surface area contributed by atoms with Gasteiger partial charge in [-0.3, -0.25) is 4.72 Å². The number of ether oxygens (including phenoxy) is 1. The van der Waals surface area contributed by atoms with Crippen LogP contribution in [0.1, 0.15) is 38.2 Å². The Labute approximate surface area is 174 Å². The molecule has 0 bridgehead atoms. The standard InChI is InChI=1S/C22H31N3O3S/c1-16(2)17-5-8-20(9-6-17)29(26,27)24-19-7-10-22(28-4)21(15-19)23-18-11-13-25(3)14-12-18/h5-10,15-16,18,23-24H,11-14H2,1-4H3. The van der Waals surface area contributed by atoms with Crippen molar-refractivity contribution >= 4 is 21.4 Å². The molecule has 1 fully saturated rings. The Kier molecular flexibility index (Phi) is 6.70. The van der Waals surface area contributed by atoms with Crippen LogP contribution in [0.5, 0.6) is 5.75 Å². The summed E-state index contributed by atoms with van der Waals surface area (Å²) in [5.41, 5.74) is 2.42. The van der Waals surface area contributed by atoms with Crippen LogP contribution >= 0.6 is 0 Å². The third-order valence-corrected chi connectivity index (χ3v) is 6.78. The highest BCUT2D eigenvalue weighted by atomic mass is 32.2. The van der Waals surface area contributed by atoms with Gasteiger partial charge in [-0.05, 0) is 74.8 Å². The molecule has 3 rings (SSSR count). The quantitative estimate of drug-likeness (QED) is 0.709. The number of sulfonamides is 1. The fourth-order valence-electron chi connectivity index (χ4n) is 3.50. The number of nitrogens with zero attached hydrogens (tertiary/aromatic N) is 1. The third kappa shape index (κ3) is 5.42. The molecule has 1 heterocycles. The molecule has 2 aromatic rings. The molecule has 0 unspecified atom stereocenters. The van der Waals surface area contributed by atoms with E-state index in [4.69, 9.17) is 4.74 Å². The maximum atomic E-state index is 12.8. The zero-order valence-corrected chi connectivity index (χ0v) is 18.4. The van der Waals surface area contributed by atoms with Gasteiger partial charge >= 0.3 is 0 Å².